The fourth-order valence-electron chi connectivity index (χ4n) is 2.24. The maximum Gasteiger partial charge on any atom is 0.309 e. The molecule has 10 nitrogen and oxygen atoms in total. The molecule has 12 heteroatoms. The van der Waals surface area contributed by atoms with Gasteiger partial charge in [-0.25, -0.2) is 0 Å². The summed E-state index contributed by atoms with van der Waals surface area (Å²) in [7, 11) is 0. The number of carbonyl (C=O) groups excluding carboxylic acids is 4. The van der Waals surface area contributed by atoms with Gasteiger partial charge in [0.15, 0.2) is 18.3 Å². The number of carbonyl (C=O) groups is 4. The lowest BCUT2D eigenvalue weighted by molar-refractivity contribution is -0.219. The smallest absolute Gasteiger partial charge is 0.309 e. The van der Waals surface area contributed by atoms with Crippen LogP contribution < -0.4 is 0 Å². The van der Waals surface area contributed by atoms with Crippen LogP contribution in [0.5, 0.6) is 0 Å². The third-order valence-corrected chi connectivity index (χ3v) is 3.46. The average Bonchev–Trinajstić information content (AvgIpc) is 2.46. The molecule has 1 rings (SSSR count). The monoisotopic (exact) mass is 425 g/mol. The molecule has 0 bridgehead atoms. The minimum Gasteiger partial charge on any atom is -0.455 e. The predicted molar refractivity (Wildman–Crippen MR) is 89.8 cm³/mol. The molecule has 0 aromatic heterocycles. The third kappa shape index (κ3) is 6.49. The molecular weight excluding hydrogens is 409 g/mol. The Morgan fingerprint density at radius 3 is 1.81 bits per heavy atom. The van der Waals surface area contributed by atoms with Crippen LogP contribution in [0.4, 0.5) is 0 Å². The molecule has 0 aromatic rings. The van der Waals surface area contributed by atoms with Crippen LogP contribution in [0.1, 0.15) is 27.7 Å². The van der Waals surface area contributed by atoms with Gasteiger partial charge in [-0.05, 0) is 0 Å². The van der Waals surface area contributed by atoms with Crippen LogP contribution >= 0.6 is 23.2 Å². The number of halogens is 2. The van der Waals surface area contributed by atoms with Crippen LogP contribution in [0.2, 0.25) is 0 Å². The fraction of sp³-hybridized carbons (Fsp3) is 0.533. The zero-order valence-corrected chi connectivity index (χ0v) is 16.3. The van der Waals surface area contributed by atoms with E-state index >= 15 is 0 Å². The number of ether oxygens (including phenoxy) is 5. The molecule has 1 aliphatic rings. The minimum atomic E-state index is -1.59. The molecule has 1 heterocycles. The third-order valence-electron chi connectivity index (χ3n) is 3.03. The highest BCUT2D eigenvalue weighted by Crippen LogP contribution is 2.36. The maximum absolute atomic E-state index is 11.5. The first-order valence-electron chi connectivity index (χ1n) is 7.43. The highest BCUT2D eigenvalue weighted by atomic mass is 35.5. The summed E-state index contributed by atoms with van der Waals surface area (Å²) in [6.07, 6.45) is -6.13. The summed E-state index contributed by atoms with van der Waals surface area (Å²) >= 11 is 11.7. The van der Waals surface area contributed by atoms with E-state index in [-0.39, 0.29) is 5.57 Å². The van der Waals surface area contributed by atoms with Crippen molar-refractivity contribution >= 4 is 53.0 Å². The van der Waals surface area contributed by atoms with Crippen LogP contribution in [0.15, 0.2) is 10.1 Å². The van der Waals surface area contributed by atoms with Gasteiger partial charge in [0.2, 0.25) is 12.2 Å². The molecule has 150 valence electrons. The van der Waals surface area contributed by atoms with Crippen molar-refractivity contribution in [2.45, 2.75) is 52.3 Å². The average molecular weight is 426 g/mol. The summed E-state index contributed by atoms with van der Waals surface area (Å²) in [5.41, 5.74) is -0.221. The minimum absolute atomic E-state index is 0.221. The van der Waals surface area contributed by atoms with E-state index < -0.39 is 58.9 Å². The van der Waals surface area contributed by atoms with E-state index in [1.807, 2.05) is 0 Å². The normalized spacial score (nSPS) is 24.4. The fourth-order valence-corrected chi connectivity index (χ4v) is 2.63. The van der Waals surface area contributed by atoms with Crippen molar-refractivity contribution in [2.75, 3.05) is 0 Å². The number of nitrogens with one attached hydrogen (secondary N) is 1. The molecule has 1 aliphatic heterocycles. The molecule has 0 amide bonds. The molecule has 1 saturated heterocycles. The van der Waals surface area contributed by atoms with Gasteiger partial charge in [-0.3, -0.25) is 24.6 Å². The zero-order valence-electron chi connectivity index (χ0n) is 14.7. The first-order chi connectivity index (χ1) is 12.4. The van der Waals surface area contributed by atoms with E-state index in [2.05, 4.69) is 4.74 Å². The van der Waals surface area contributed by atoms with E-state index in [1.165, 1.54) is 0 Å². The van der Waals surface area contributed by atoms with Crippen LogP contribution in [-0.4, -0.2) is 54.4 Å². The number of hydrogen-bond acceptors (Lipinski definition) is 10. The molecule has 0 unspecified atom stereocenters. The summed E-state index contributed by atoms with van der Waals surface area (Å²) in [4.78, 5) is 45.6. The quantitative estimate of drug-likeness (QED) is 0.306. The predicted octanol–water partition coefficient (Wildman–Crippen LogP) is 1.37. The second-order valence-corrected chi connectivity index (χ2v) is 6.23. The highest BCUT2D eigenvalue weighted by molar-refractivity contribution is 6.56. The van der Waals surface area contributed by atoms with Gasteiger partial charge in [-0.1, -0.05) is 23.2 Å². The van der Waals surface area contributed by atoms with Crippen molar-refractivity contribution < 1.29 is 42.9 Å². The molecule has 1 N–H and O–H groups in total. The zero-order chi connectivity index (χ0) is 20.9. The van der Waals surface area contributed by atoms with Gasteiger partial charge in [0, 0.05) is 27.7 Å². The largest absolute Gasteiger partial charge is 0.455 e. The van der Waals surface area contributed by atoms with Crippen LogP contribution in [-0.2, 0) is 42.9 Å². The molecule has 4 atom stereocenters. The van der Waals surface area contributed by atoms with E-state index in [0.717, 1.165) is 27.7 Å². The van der Waals surface area contributed by atoms with Gasteiger partial charge in [0.25, 0.3) is 0 Å². The Morgan fingerprint density at radius 2 is 1.41 bits per heavy atom. The van der Waals surface area contributed by atoms with Crippen molar-refractivity contribution in [3.05, 3.63) is 10.1 Å². The molecule has 0 spiro atoms. The van der Waals surface area contributed by atoms with Crippen molar-refractivity contribution in [3.8, 4) is 0 Å². The first kappa shape index (κ1) is 22.9. The van der Waals surface area contributed by atoms with Gasteiger partial charge in [0.1, 0.15) is 4.49 Å². The van der Waals surface area contributed by atoms with Gasteiger partial charge < -0.3 is 23.7 Å². The first-order valence-corrected chi connectivity index (χ1v) is 8.18. The summed E-state index contributed by atoms with van der Waals surface area (Å²) in [6, 6.07) is 0. The Morgan fingerprint density at radius 1 is 0.889 bits per heavy atom. The molecule has 0 aromatic carbocycles. The lowest BCUT2D eigenvalue weighted by Crippen LogP contribution is -2.57. The molecular formula is C15H17Cl2NO9. The maximum atomic E-state index is 11.5. The van der Waals surface area contributed by atoms with Gasteiger partial charge >= 0.3 is 23.9 Å². The van der Waals surface area contributed by atoms with E-state index in [0.29, 0.717) is 0 Å². The van der Waals surface area contributed by atoms with Gasteiger partial charge in [-0.15, -0.1) is 0 Å². The lowest BCUT2D eigenvalue weighted by atomic mass is 9.96. The second kappa shape index (κ2) is 9.67. The summed E-state index contributed by atoms with van der Waals surface area (Å²) in [6.45, 7) is 4.22. The van der Waals surface area contributed by atoms with E-state index in [4.69, 9.17) is 47.6 Å². The van der Waals surface area contributed by atoms with Gasteiger partial charge in [-0.2, -0.15) is 0 Å². The van der Waals surface area contributed by atoms with Crippen molar-refractivity contribution in [2.24, 2.45) is 0 Å². The SMILES string of the molecule is CC(=O)OC(=N)[C@H]1O[C@@H](OC(C)=O)C(=C(Cl)Cl)[C@@H](OC(C)=O)[C@@H]1OC(C)=O. The highest BCUT2D eigenvalue weighted by Gasteiger charge is 2.51. The summed E-state index contributed by atoms with van der Waals surface area (Å²) in [5.74, 6) is -4.07. The molecule has 0 saturated carbocycles. The lowest BCUT2D eigenvalue weighted by Gasteiger charge is -2.40. The van der Waals surface area contributed by atoms with Crippen molar-refractivity contribution in [3.63, 3.8) is 0 Å². The summed E-state index contributed by atoms with van der Waals surface area (Å²) < 4.78 is 24.8. The standard InChI is InChI=1S/C15H17Cl2NO9/c1-5(19)23-10-9(13(16)17)15(26-8(4)22)27-12(11(10)24-6(2)20)14(18)25-7(3)21/h10-12,15,18H,1-4H3/t10-,11+,12+,15-/m1/s1. The summed E-state index contributed by atoms with van der Waals surface area (Å²) in [5, 5.41) is 7.88. The van der Waals surface area contributed by atoms with Crippen LogP contribution in [0.3, 0.4) is 0 Å². The van der Waals surface area contributed by atoms with Crippen LogP contribution in [0.25, 0.3) is 0 Å². The molecule has 0 radical (unpaired) electrons. The Balaban J connectivity index is 3.47. The van der Waals surface area contributed by atoms with E-state index in [1.54, 1.807) is 0 Å². The topological polar surface area (TPSA) is 138 Å². The number of rotatable bonds is 4. The van der Waals surface area contributed by atoms with Crippen LogP contribution in [0, 0.1) is 5.41 Å². The second-order valence-electron chi connectivity index (χ2n) is 5.28. The molecule has 0 aliphatic carbocycles. The Hall–Kier alpha value is -2.17. The Labute approximate surface area is 164 Å². The Kier molecular flexibility index (Phi) is 8.20. The molecule has 27 heavy (non-hydrogen) atoms. The van der Waals surface area contributed by atoms with Crippen molar-refractivity contribution in [1.29, 1.82) is 5.41 Å². The molecule has 1 fully saturated rings. The van der Waals surface area contributed by atoms with Crippen molar-refractivity contribution in [1.82, 2.24) is 0 Å². The van der Waals surface area contributed by atoms with E-state index in [9.17, 15) is 19.2 Å². The van der Waals surface area contributed by atoms with Gasteiger partial charge in [0.05, 0.1) is 5.57 Å². The Bertz CT molecular complexity index is 687. The number of esters is 4. The number of hydrogen-bond donors (Lipinski definition) is 1.